The van der Waals surface area contributed by atoms with Gasteiger partial charge in [-0.3, -0.25) is 14.5 Å². The molecule has 0 unspecified atom stereocenters. The second-order valence-corrected chi connectivity index (χ2v) is 8.21. The number of hydrogen-bond donors (Lipinski definition) is 1. The van der Waals surface area contributed by atoms with Crippen LogP contribution >= 0.6 is 22.9 Å². The first kappa shape index (κ1) is 19.6. The quantitative estimate of drug-likeness (QED) is 0.673. The van der Waals surface area contributed by atoms with Crippen LogP contribution in [0.4, 0.5) is 11.4 Å². The average Bonchev–Trinajstić information content (AvgIpc) is 3.23. The Balaban J connectivity index is 1.61. The fraction of sp³-hybridized carbons (Fsp3) is 0.300. The molecule has 1 aromatic heterocycles. The monoisotopic (exact) mass is 403 g/mol. The van der Waals surface area contributed by atoms with Gasteiger partial charge >= 0.3 is 0 Å². The molecule has 0 bridgehead atoms. The number of anilines is 2. The van der Waals surface area contributed by atoms with Crippen molar-refractivity contribution in [1.82, 2.24) is 4.90 Å². The number of carbonyl (C=O) groups excluding carboxylic acids is 2. The van der Waals surface area contributed by atoms with Gasteiger partial charge in [-0.15, -0.1) is 17.9 Å². The minimum atomic E-state index is -0.107. The minimum Gasteiger partial charge on any atom is -0.325 e. The Hall–Kier alpha value is -2.15. The van der Waals surface area contributed by atoms with Crippen LogP contribution in [0.2, 0.25) is 4.34 Å². The molecular weight excluding hydrogens is 382 g/mol. The number of hydrogen-bond acceptors (Lipinski definition) is 4. The van der Waals surface area contributed by atoms with Crippen LogP contribution in [0.1, 0.15) is 17.7 Å². The highest BCUT2D eigenvalue weighted by Gasteiger charge is 2.22. The molecule has 3 rings (SSSR count). The first-order valence-corrected chi connectivity index (χ1v) is 10.0. The number of benzene rings is 1. The summed E-state index contributed by atoms with van der Waals surface area (Å²) in [5.74, 6) is 0.0228. The van der Waals surface area contributed by atoms with Crippen LogP contribution in [-0.4, -0.2) is 36.3 Å². The van der Waals surface area contributed by atoms with Gasteiger partial charge in [0.2, 0.25) is 11.8 Å². The van der Waals surface area contributed by atoms with Crippen molar-refractivity contribution in [2.75, 3.05) is 29.9 Å². The fourth-order valence-electron chi connectivity index (χ4n) is 3.10. The Morgan fingerprint density at radius 2 is 2.22 bits per heavy atom. The molecule has 27 heavy (non-hydrogen) atoms. The molecule has 1 saturated heterocycles. The van der Waals surface area contributed by atoms with E-state index in [9.17, 15) is 9.59 Å². The third-order valence-electron chi connectivity index (χ3n) is 4.28. The number of rotatable bonds is 8. The van der Waals surface area contributed by atoms with Crippen molar-refractivity contribution in [3.05, 3.63) is 58.3 Å². The van der Waals surface area contributed by atoms with Gasteiger partial charge in [0.15, 0.2) is 0 Å². The zero-order valence-electron chi connectivity index (χ0n) is 15.0. The van der Waals surface area contributed by atoms with Crippen molar-refractivity contribution in [2.45, 2.75) is 19.4 Å². The molecule has 1 aliphatic rings. The number of amides is 2. The lowest BCUT2D eigenvalue weighted by Crippen LogP contribution is -2.33. The molecule has 2 aromatic rings. The molecule has 2 heterocycles. The average molecular weight is 404 g/mol. The summed E-state index contributed by atoms with van der Waals surface area (Å²) in [5, 5.41) is 2.92. The molecule has 0 spiro atoms. The predicted molar refractivity (Wildman–Crippen MR) is 111 cm³/mol. The summed E-state index contributed by atoms with van der Waals surface area (Å²) < 4.78 is 0.737. The SMILES string of the molecule is C=CCN(CC(=O)Nc1cccc(N2CCCC2=O)c1)Cc1ccc(Cl)s1. The molecule has 7 heteroatoms. The zero-order chi connectivity index (χ0) is 19.2. The molecule has 0 aliphatic carbocycles. The van der Waals surface area contributed by atoms with E-state index in [0.29, 0.717) is 25.2 Å². The summed E-state index contributed by atoms with van der Waals surface area (Å²) in [7, 11) is 0. The number of halogens is 1. The molecule has 0 saturated carbocycles. The lowest BCUT2D eigenvalue weighted by molar-refractivity contribution is -0.118. The van der Waals surface area contributed by atoms with E-state index in [1.165, 1.54) is 11.3 Å². The lowest BCUT2D eigenvalue weighted by atomic mass is 10.2. The van der Waals surface area contributed by atoms with Gasteiger partial charge in [-0.25, -0.2) is 0 Å². The first-order valence-electron chi connectivity index (χ1n) is 8.83. The summed E-state index contributed by atoms with van der Waals surface area (Å²) >= 11 is 7.50. The van der Waals surface area contributed by atoms with E-state index in [1.807, 2.05) is 41.3 Å². The molecule has 1 aromatic carbocycles. The van der Waals surface area contributed by atoms with Crippen LogP contribution in [0.5, 0.6) is 0 Å². The van der Waals surface area contributed by atoms with Gasteiger partial charge < -0.3 is 10.2 Å². The number of nitrogens with zero attached hydrogens (tertiary/aromatic N) is 2. The van der Waals surface area contributed by atoms with Crippen molar-refractivity contribution in [2.24, 2.45) is 0 Å². The molecule has 1 aliphatic heterocycles. The third kappa shape index (κ3) is 5.42. The molecule has 1 fully saturated rings. The Kier molecular flexibility index (Phi) is 6.66. The van der Waals surface area contributed by atoms with Crippen molar-refractivity contribution in [3.8, 4) is 0 Å². The highest BCUT2D eigenvalue weighted by atomic mass is 35.5. The molecular formula is C20H22ClN3O2S. The highest BCUT2D eigenvalue weighted by Crippen LogP contribution is 2.25. The van der Waals surface area contributed by atoms with E-state index in [1.54, 1.807) is 11.0 Å². The van der Waals surface area contributed by atoms with Crippen LogP contribution in [0, 0.1) is 0 Å². The van der Waals surface area contributed by atoms with Gasteiger partial charge in [-0.2, -0.15) is 0 Å². The second kappa shape index (κ2) is 9.17. The van der Waals surface area contributed by atoms with Crippen LogP contribution < -0.4 is 10.2 Å². The Morgan fingerprint density at radius 1 is 1.37 bits per heavy atom. The third-order valence-corrected chi connectivity index (χ3v) is 5.49. The smallest absolute Gasteiger partial charge is 0.238 e. The summed E-state index contributed by atoms with van der Waals surface area (Å²) in [6.07, 6.45) is 3.24. The van der Waals surface area contributed by atoms with E-state index in [0.717, 1.165) is 27.9 Å². The molecule has 2 amide bonds. The van der Waals surface area contributed by atoms with Gasteiger partial charge in [0.25, 0.3) is 0 Å². The maximum absolute atomic E-state index is 12.5. The molecule has 1 N–H and O–H groups in total. The highest BCUT2D eigenvalue weighted by molar-refractivity contribution is 7.16. The first-order chi connectivity index (χ1) is 13.0. The van der Waals surface area contributed by atoms with Crippen LogP contribution in [0.15, 0.2) is 49.1 Å². The Morgan fingerprint density at radius 3 is 2.89 bits per heavy atom. The summed E-state index contributed by atoms with van der Waals surface area (Å²) in [6.45, 7) is 5.98. The molecule has 0 radical (unpaired) electrons. The van der Waals surface area contributed by atoms with Gasteiger partial charge in [0.05, 0.1) is 10.9 Å². The predicted octanol–water partition coefficient (Wildman–Crippen LogP) is 4.16. The van der Waals surface area contributed by atoms with Crippen LogP contribution in [0.25, 0.3) is 0 Å². The van der Waals surface area contributed by atoms with E-state index in [-0.39, 0.29) is 18.4 Å². The summed E-state index contributed by atoms with van der Waals surface area (Å²) in [6, 6.07) is 11.3. The summed E-state index contributed by atoms with van der Waals surface area (Å²) in [5.41, 5.74) is 1.52. The van der Waals surface area contributed by atoms with Crippen molar-refractivity contribution < 1.29 is 9.59 Å². The van der Waals surface area contributed by atoms with E-state index < -0.39 is 0 Å². The Bertz CT molecular complexity index is 836. The number of carbonyl (C=O) groups is 2. The normalized spacial score (nSPS) is 14.0. The largest absolute Gasteiger partial charge is 0.325 e. The molecule has 142 valence electrons. The van der Waals surface area contributed by atoms with Gasteiger partial charge in [0, 0.05) is 42.3 Å². The van der Waals surface area contributed by atoms with Crippen LogP contribution in [0.3, 0.4) is 0 Å². The van der Waals surface area contributed by atoms with Gasteiger partial charge in [-0.05, 0) is 36.8 Å². The van der Waals surface area contributed by atoms with E-state index in [4.69, 9.17) is 11.6 Å². The van der Waals surface area contributed by atoms with Crippen LogP contribution in [-0.2, 0) is 16.1 Å². The Labute approximate surface area is 168 Å². The maximum atomic E-state index is 12.5. The van der Waals surface area contributed by atoms with E-state index in [2.05, 4.69) is 11.9 Å². The fourth-order valence-corrected chi connectivity index (χ4v) is 4.23. The summed E-state index contributed by atoms with van der Waals surface area (Å²) in [4.78, 5) is 29.3. The topological polar surface area (TPSA) is 52.7 Å². The van der Waals surface area contributed by atoms with Crippen molar-refractivity contribution in [1.29, 1.82) is 0 Å². The number of thiophene rings is 1. The standard InChI is InChI=1S/C20H22ClN3O2S/c1-2-10-23(13-17-8-9-18(21)27-17)14-19(25)22-15-5-3-6-16(12-15)24-11-4-7-20(24)26/h2-3,5-6,8-9,12H,1,4,7,10-11,13-14H2,(H,22,25). The zero-order valence-corrected chi connectivity index (χ0v) is 16.6. The van der Waals surface area contributed by atoms with E-state index >= 15 is 0 Å². The van der Waals surface area contributed by atoms with Crippen molar-refractivity contribution >= 4 is 46.1 Å². The maximum Gasteiger partial charge on any atom is 0.238 e. The number of nitrogens with one attached hydrogen (secondary N) is 1. The van der Waals surface area contributed by atoms with Crippen molar-refractivity contribution in [3.63, 3.8) is 0 Å². The molecule has 0 atom stereocenters. The minimum absolute atomic E-state index is 0.107. The second-order valence-electron chi connectivity index (χ2n) is 6.41. The van der Waals surface area contributed by atoms with Gasteiger partial charge in [0.1, 0.15) is 0 Å². The van der Waals surface area contributed by atoms with Gasteiger partial charge in [-0.1, -0.05) is 23.7 Å². The lowest BCUT2D eigenvalue weighted by Gasteiger charge is -2.20. The molecule has 5 nitrogen and oxygen atoms in total.